The summed E-state index contributed by atoms with van der Waals surface area (Å²) in [7, 11) is 2.23. The van der Waals surface area contributed by atoms with Crippen molar-refractivity contribution in [3.8, 4) is 0 Å². The summed E-state index contributed by atoms with van der Waals surface area (Å²) in [5.41, 5.74) is 18.7. The smallest absolute Gasteiger partial charge is 0.0540 e. The fourth-order valence-corrected chi connectivity index (χ4v) is 11.7. The van der Waals surface area contributed by atoms with Crippen LogP contribution in [0.3, 0.4) is 0 Å². The third-order valence-corrected chi connectivity index (χ3v) is 15.0. The van der Waals surface area contributed by atoms with E-state index in [1.807, 2.05) is 0 Å². The van der Waals surface area contributed by atoms with E-state index in [-0.39, 0.29) is 5.92 Å². The summed E-state index contributed by atoms with van der Waals surface area (Å²) < 4.78 is 2.38. The Labute approximate surface area is 374 Å². The lowest BCUT2D eigenvalue weighted by atomic mass is 9.76. The van der Waals surface area contributed by atoms with Crippen LogP contribution in [0, 0.1) is 0 Å². The average Bonchev–Trinajstić information content (AvgIpc) is 3.49. The molecule has 0 saturated heterocycles. The van der Waals surface area contributed by atoms with E-state index in [9.17, 15) is 0 Å². The molecular formula is C62H48N2. The van der Waals surface area contributed by atoms with Gasteiger partial charge in [-0.1, -0.05) is 153 Å². The molecule has 4 aliphatic carbocycles. The maximum Gasteiger partial charge on any atom is 0.0540 e. The van der Waals surface area contributed by atoms with E-state index >= 15 is 0 Å². The van der Waals surface area contributed by atoms with Crippen molar-refractivity contribution in [1.29, 1.82) is 0 Å². The molecule has 2 bridgehead atoms. The molecule has 0 N–H and O–H groups in total. The fraction of sp³-hybridized carbons (Fsp3) is 0.129. The average molecular weight is 821 g/mol. The molecule has 1 heterocycles. The number of para-hydroxylation sites is 1. The molecule has 0 spiro atoms. The topological polar surface area (TPSA) is 8.17 Å². The number of nitrogens with zero attached hydrogens (tertiary/aromatic N) is 2. The molecule has 1 aromatic heterocycles. The number of hydrogen-bond acceptors (Lipinski definition) is 1. The first-order valence-corrected chi connectivity index (χ1v) is 23.1. The highest BCUT2D eigenvalue weighted by molar-refractivity contribution is 6.11. The van der Waals surface area contributed by atoms with Crippen molar-refractivity contribution in [1.82, 2.24) is 4.57 Å². The Morgan fingerprint density at radius 2 is 1.41 bits per heavy atom. The van der Waals surface area contributed by atoms with E-state index < -0.39 is 0 Å². The second-order valence-corrected chi connectivity index (χ2v) is 18.4. The predicted octanol–water partition coefficient (Wildman–Crippen LogP) is 14.2. The molecule has 9 aromatic rings. The molecule has 0 saturated carbocycles. The van der Waals surface area contributed by atoms with Gasteiger partial charge in [-0.3, -0.25) is 0 Å². The first-order chi connectivity index (χ1) is 31.6. The van der Waals surface area contributed by atoms with Gasteiger partial charge in [0.05, 0.1) is 5.69 Å². The van der Waals surface area contributed by atoms with Crippen LogP contribution in [0.2, 0.25) is 0 Å². The quantitative estimate of drug-likeness (QED) is 0.148. The minimum absolute atomic E-state index is 0.260. The standard InChI is InChI=1S/C62H48N2/c1-39(41-12-5-3-6-13-41)53(36-47-24-23-46-22-21-43-15-10-16-44-26-30-51(47)62(46)60(43)44)48-28-32-57-55(37-48)56-38-50(29-34-58(56)63(57)2)64(49-17-7-4-8-18-49)59-33-27-45-20-19-40-11-9-14-42-25-31-52(59)61(45)54(42)35-40/h3-14,16-21,23-34,37-39,53H,15,22,35-36H2,1-2H3/t39-,53?/m1/s1. The summed E-state index contributed by atoms with van der Waals surface area (Å²) in [5, 5.41) is 10.7. The van der Waals surface area contributed by atoms with Crippen LogP contribution in [0.15, 0.2) is 182 Å². The van der Waals surface area contributed by atoms with Crippen molar-refractivity contribution in [3.05, 3.63) is 231 Å². The largest absolute Gasteiger partial charge is 0.344 e. The molecule has 1 unspecified atom stereocenters. The monoisotopic (exact) mass is 820 g/mol. The van der Waals surface area contributed by atoms with Crippen molar-refractivity contribution >= 4 is 84.2 Å². The molecule has 0 fully saturated rings. The van der Waals surface area contributed by atoms with E-state index in [4.69, 9.17) is 0 Å². The maximum absolute atomic E-state index is 2.53. The second-order valence-electron chi connectivity index (χ2n) is 18.4. The highest BCUT2D eigenvalue weighted by atomic mass is 15.1. The zero-order chi connectivity index (χ0) is 42.5. The van der Waals surface area contributed by atoms with Crippen molar-refractivity contribution in [2.75, 3.05) is 4.90 Å². The first kappa shape index (κ1) is 37.2. The summed E-state index contributed by atoms with van der Waals surface area (Å²) in [6, 6.07) is 55.5. The van der Waals surface area contributed by atoms with Crippen LogP contribution in [-0.2, 0) is 26.3 Å². The molecule has 0 aliphatic heterocycles. The molecule has 8 aromatic carbocycles. The van der Waals surface area contributed by atoms with Crippen LogP contribution in [0.1, 0.15) is 64.1 Å². The third-order valence-electron chi connectivity index (χ3n) is 15.0. The Morgan fingerprint density at radius 3 is 2.28 bits per heavy atom. The summed E-state index contributed by atoms with van der Waals surface area (Å²) >= 11 is 0. The Hall–Kier alpha value is -7.42. The highest BCUT2D eigenvalue weighted by Gasteiger charge is 2.27. The van der Waals surface area contributed by atoms with Crippen molar-refractivity contribution in [3.63, 3.8) is 0 Å². The minimum Gasteiger partial charge on any atom is -0.344 e. The lowest BCUT2D eigenvalue weighted by molar-refractivity contribution is 0.574. The van der Waals surface area contributed by atoms with E-state index in [0.29, 0.717) is 5.92 Å². The van der Waals surface area contributed by atoms with Gasteiger partial charge in [-0.15, -0.1) is 0 Å². The van der Waals surface area contributed by atoms with Gasteiger partial charge in [-0.05, 0) is 163 Å². The molecular weight excluding hydrogens is 773 g/mol. The highest BCUT2D eigenvalue weighted by Crippen LogP contribution is 2.46. The van der Waals surface area contributed by atoms with E-state index in [1.54, 1.807) is 0 Å². The van der Waals surface area contributed by atoms with Crippen molar-refractivity contribution in [2.45, 2.75) is 44.4 Å². The Morgan fingerprint density at radius 1 is 0.609 bits per heavy atom. The molecule has 64 heavy (non-hydrogen) atoms. The zero-order valence-electron chi connectivity index (χ0n) is 36.4. The van der Waals surface area contributed by atoms with E-state index in [2.05, 4.69) is 218 Å². The van der Waals surface area contributed by atoms with Crippen LogP contribution in [-0.4, -0.2) is 4.57 Å². The number of benzene rings is 8. The summed E-state index contributed by atoms with van der Waals surface area (Å²) in [6.45, 7) is 2.44. The minimum atomic E-state index is 0.260. The Balaban J connectivity index is 0.980. The van der Waals surface area contributed by atoms with Gasteiger partial charge in [-0.25, -0.2) is 0 Å². The molecule has 2 nitrogen and oxygen atoms in total. The van der Waals surface area contributed by atoms with Gasteiger partial charge in [-0.2, -0.15) is 0 Å². The number of fused-ring (bicyclic) bond motifs is 4. The number of aryl methyl sites for hydroxylation is 1. The lowest BCUT2D eigenvalue weighted by Crippen LogP contribution is -2.17. The van der Waals surface area contributed by atoms with Gasteiger partial charge < -0.3 is 9.47 Å². The summed E-state index contributed by atoms with van der Waals surface area (Å²) in [5.74, 6) is 0.562. The Kier molecular flexibility index (Phi) is 8.46. The normalized spacial score (nSPS) is 15.4. The van der Waals surface area contributed by atoms with E-state index in [1.165, 1.54) is 110 Å². The molecule has 4 aliphatic rings. The van der Waals surface area contributed by atoms with Crippen molar-refractivity contribution in [2.24, 2.45) is 7.05 Å². The number of aromatic nitrogens is 1. The summed E-state index contributed by atoms with van der Waals surface area (Å²) in [6.07, 6.45) is 22.4. The van der Waals surface area contributed by atoms with Gasteiger partial charge in [0.15, 0.2) is 0 Å². The van der Waals surface area contributed by atoms with Crippen LogP contribution >= 0.6 is 0 Å². The molecule has 13 rings (SSSR count). The second kappa shape index (κ2) is 14.6. The van der Waals surface area contributed by atoms with Crippen LogP contribution < -0.4 is 15.3 Å². The molecule has 0 amide bonds. The predicted molar refractivity (Wildman–Crippen MR) is 272 cm³/mol. The van der Waals surface area contributed by atoms with Gasteiger partial charge >= 0.3 is 0 Å². The van der Waals surface area contributed by atoms with Gasteiger partial charge in [0, 0.05) is 45.6 Å². The first-order valence-electron chi connectivity index (χ1n) is 23.1. The lowest BCUT2D eigenvalue weighted by Gasteiger charge is -2.28. The molecule has 0 radical (unpaired) electrons. The zero-order valence-corrected chi connectivity index (χ0v) is 36.4. The SMILES string of the molecule is C[C@H](c1ccccc1)C(Cc1ccc2c3c4c(ccc13)C=CCC4=CC2)c1ccc2c(c1)c1cc(N(c3ccccc3)c3ccc4c5c6c(ccc35)=CC=CC(=CC=4)C6)ccc1n2C. The third kappa shape index (κ3) is 5.78. The number of hydrogen-bond donors (Lipinski definition) is 0. The maximum atomic E-state index is 2.53. The molecule has 306 valence electrons. The molecule has 2 atom stereocenters. The van der Waals surface area contributed by atoms with Crippen LogP contribution in [0.4, 0.5) is 17.1 Å². The molecule has 2 heteroatoms. The van der Waals surface area contributed by atoms with Gasteiger partial charge in [0.1, 0.15) is 0 Å². The number of anilines is 3. The van der Waals surface area contributed by atoms with Crippen molar-refractivity contribution < 1.29 is 0 Å². The number of rotatable bonds is 8. The van der Waals surface area contributed by atoms with Gasteiger partial charge in [0.25, 0.3) is 0 Å². The Bertz CT molecular complexity index is 3690. The van der Waals surface area contributed by atoms with Crippen LogP contribution in [0.5, 0.6) is 0 Å². The van der Waals surface area contributed by atoms with Crippen LogP contribution in [0.25, 0.3) is 67.2 Å². The summed E-state index contributed by atoms with van der Waals surface area (Å²) in [4.78, 5) is 2.48. The fourth-order valence-electron chi connectivity index (χ4n) is 11.7. The number of allylic oxidation sites excluding steroid dienone is 7. The van der Waals surface area contributed by atoms with E-state index in [0.717, 1.165) is 37.1 Å². The van der Waals surface area contributed by atoms with Gasteiger partial charge in [0.2, 0.25) is 0 Å².